The van der Waals surface area contributed by atoms with Crippen molar-refractivity contribution in [2.75, 3.05) is 31.7 Å². The number of hydrazine groups is 1. The van der Waals surface area contributed by atoms with Gasteiger partial charge in [-0.2, -0.15) is 23.4 Å². The number of carbonyl (C=O) groups is 1. The fourth-order valence-electron chi connectivity index (χ4n) is 4.42. The van der Waals surface area contributed by atoms with E-state index in [-0.39, 0.29) is 12.4 Å². The lowest BCUT2D eigenvalue weighted by molar-refractivity contribution is -0.141. The molecule has 10 heteroatoms. The Morgan fingerprint density at radius 3 is 2.35 bits per heavy atom. The van der Waals surface area contributed by atoms with Crippen molar-refractivity contribution in [2.45, 2.75) is 65.0 Å². The highest BCUT2D eigenvalue weighted by atomic mass is 19.4. The average Bonchev–Trinajstić information content (AvgIpc) is 2.82. The van der Waals surface area contributed by atoms with Crippen LogP contribution in [0.3, 0.4) is 0 Å². The molecule has 0 spiro atoms. The van der Waals surface area contributed by atoms with Crippen LogP contribution >= 0.6 is 0 Å². The molecule has 1 aromatic carbocycles. The number of piperidine rings is 1. The molecule has 1 saturated heterocycles. The van der Waals surface area contributed by atoms with Crippen molar-refractivity contribution in [3.8, 4) is 6.07 Å². The SMILES string of the molecule is CN1CCCC(c2ccc(C(C)(C)C(=O)NN(CC(C)(C)C)c3cc(C(F)(F)F)nc(C#N)n3)cc2)C1. The largest absolute Gasteiger partial charge is 0.433 e. The first-order chi connectivity index (χ1) is 17.1. The number of alkyl halides is 3. The molecule has 1 unspecified atom stereocenters. The Hall–Kier alpha value is -3.19. The second-order valence-corrected chi connectivity index (χ2v) is 11.5. The van der Waals surface area contributed by atoms with Crippen molar-refractivity contribution in [1.82, 2.24) is 20.3 Å². The second kappa shape index (κ2) is 10.7. The first-order valence-electron chi connectivity index (χ1n) is 12.3. The Kier molecular flexibility index (Phi) is 8.18. The van der Waals surface area contributed by atoms with Crippen LogP contribution in [0.4, 0.5) is 19.0 Å². The van der Waals surface area contributed by atoms with Crippen molar-refractivity contribution in [1.29, 1.82) is 5.26 Å². The fourth-order valence-corrected chi connectivity index (χ4v) is 4.42. The summed E-state index contributed by atoms with van der Waals surface area (Å²) in [5, 5.41) is 10.5. The van der Waals surface area contributed by atoms with Crippen LogP contribution in [0.1, 0.15) is 76.0 Å². The molecule has 2 aromatic rings. The highest BCUT2D eigenvalue weighted by molar-refractivity contribution is 5.88. The predicted molar refractivity (Wildman–Crippen MR) is 136 cm³/mol. The van der Waals surface area contributed by atoms with E-state index in [1.165, 1.54) is 10.6 Å². The number of likely N-dealkylation sites (N-methyl/N-ethyl adjacent to an activating group) is 1. The Labute approximate surface area is 216 Å². The lowest BCUT2D eigenvalue weighted by Crippen LogP contribution is -2.52. The number of anilines is 1. The molecule has 3 rings (SSSR count). The minimum Gasteiger partial charge on any atom is -0.306 e. The van der Waals surface area contributed by atoms with Gasteiger partial charge in [-0.1, -0.05) is 45.0 Å². The van der Waals surface area contributed by atoms with Gasteiger partial charge < -0.3 is 4.90 Å². The van der Waals surface area contributed by atoms with Crippen molar-refractivity contribution in [2.24, 2.45) is 5.41 Å². The van der Waals surface area contributed by atoms with Crippen molar-refractivity contribution < 1.29 is 18.0 Å². The number of nitrogens with zero attached hydrogens (tertiary/aromatic N) is 5. The van der Waals surface area contributed by atoms with Crippen molar-refractivity contribution in [3.63, 3.8) is 0 Å². The molecule has 200 valence electrons. The van der Waals surface area contributed by atoms with Gasteiger partial charge in [-0.15, -0.1) is 0 Å². The summed E-state index contributed by atoms with van der Waals surface area (Å²) in [7, 11) is 2.12. The molecule has 1 fully saturated rings. The minimum atomic E-state index is -4.77. The average molecular weight is 517 g/mol. The summed E-state index contributed by atoms with van der Waals surface area (Å²) in [6, 6.07) is 10.3. The van der Waals surface area contributed by atoms with Crippen LogP contribution in [0.15, 0.2) is 30.3 Å². The third-order valence-corrected chi connectivity index (χ3v) is 6.54. The smallest absolute Gasteiger partial charge is 0.306 e. The molecule has 0 bridgehead atoms. The first-order valence-corrected chi connectivity index (χ1v) is 12.3. The van der Waals surface area contributed by atoms with Crippen molar-refractivity contribution >= 4 is 11.7 Å². The van der Waals surface area contributed by atoms with Crippen LogP contribution in [0, 0.1) is 16.7 Å². The van der Waals surface area contributed by atoms with Gasteiger partial charge in [-0.25, -0.2) is 4.98 Å². The van der Waals surface area contributed by atoms with Crippen LogP contribution in [0.25, 0.3) is 0 Å². The Bertz CT molecular complexity index is 1150. The van der Waals surface area contributed by atoms with E-state index in [2.05, 4.69) is 39.5 Å². The van der Waals surface area contributed by atoms with E-state index in [0.717, 1.165) is 37.6 Å². The Morgan fingerprint density at radius 1 is 1.16 bits per heavy atom. The summed E-state index contributed by atoms with van der Waals surface area (Å²) in [5.41, 5.74) is 2.12. The summed E-state index contributed by atoms with van der Waals surface area (Å²) < 4.78 is 40.3. The number of halogens is 3. The summed E-state index contributed by atoms with van der Waals surface area (Å²) in [6.07, 6.45) is -2.50. The van der Waals surface area contributed by atoms with Crippen LogP contribution in [-0.4, -0.2) is 47.5 Å². The molecular formula is C27H35F3N6O. The highest BCUT2D eigenvalue weighted by Crippen LogP contribution is 2.32. The van der Waals surface area contributed by atoms with Crippen LogP contribution < -0.4 is 10.4 Å². The summed E-state index contributed by atoms with van der Waals surface area (Å²) in [6.45, 7) is 11.4. The third kappa shape index (κ3) is 7.19. The molecule has 0 radical (unpaired) electrons. The molecule has 1 N–H and O–H groups in total. The van der Waals surface area contributed by atoms with Crippen molar-refractivity contribution in [3.05, 3.63) is 53.0 Å². The van der Waals surface area contributed by atoms with Gasteiger partial charge in [-0.05, 0) is 62.7 Å². The molecule has 0 saturated carbocycles. The number of rotatable bonds is 6. The Balaban J connectivity index is 1.88. The molecule has 1 aromatic heterocycles. The van der Waals surface area contributed by atoms with Crippen LogP contribution in [0.2, 0.25) is 0 Å². The molecule has 1 aliphatic heterocycles. The number of nitriles is 1. The molecule has 2 heterocycles. The molecule has 37 heavy (non-hydrogen) atoms. The van der Waals surface area contributed by atoms with Gasteiger partial charge in [0.15, 0.2) is 11.5 Å². The number of hydrogen-bond acceptors (Lipinski definition) is 6. The van der Waals surface area contributed by atoms with E-state index in [1.807, 2.05) is 32.9 Å². The second-order valence-electron chi connectivity index (χ2n) is 11.5. The number of carbonyl (C=O) groups excluding carboxylic acids is 1. The number of nitrogens with one attached hydrogen (secondary N) is 1. The van der Waals surface area contributed by atoms with E-state index >= 15 is 0 Å². The van der Waals surface area contributed by atoms with E-state index in [9.17, 15) is 23.2 Å². The van der Waals surface area contributed by atoms with Gasteiger partial charge in [0, 0.05) is 19.2 Å². The number of benzene rings is 1. The number of aromatic nitrogens is 2. The molecule has 7 nitrogen and oxygen atoms in total. The summed E-state index contributed by atoms with van der Waals surface area (Å²) >= 11 is 0. The lowest BCUT2D eigenvalue weighted by atomic mass is 9.82. The Morgan fingerprint density at radius 2 is 1.81 bits per heavy atom. The predicted octanol–water partition coefficient (Wildman–Crippen LogP) is 5.04. The fraction of sp³-hybridized carbons (Fsp3) is 0.556. The highest BCUT2D eigenvalue weighted by Gasteiger charge is 2.36. The zero-order chi connectivity index (χ0) is 27.6. The molecule has 1 atom stereocenters. The minimum absolute atomic E-state index is 0.155. The van der Waals surface area contributed by atoms with E-state index in [1.54, 1.807) is 19.9 Å². The van der Waals surface area contributed by atoms with Gasteiger partial charge in [0.25, 0.3) is 0 Å². The maximum absolute atomic E-state index is 13.5. The first kappa shape index (κ1) is 28.4. The zero-order valence-electron chi connectivity index (χ0n) is 22.3. The number of amides is 1. The summed E-state index contributed by atoms with van der Waals surface area (Å²) in [5.74, 6) is -0.787. The van der Waals surface area contributed by atoms with Crippen LogP contribution in [-0.2, 0) is 16.4 Å². The van der Waals surface area contributed by atoms with Gasteiger partial charge in [0.1, 0.15) is 6.07 Å². The summed E-state index contributed by atoms with van der Waals surface area (Å²) in [4.78, 5) is 23.1. The van der Waals surface area contributed by atoms with E-state index < -0.39 is 34.4 Å². The normalized spacial score (nSPS) is 17.2. The zero-order valence-corrected chi connectivity index (χ0v) is 22.3. The molecule has 1 aliphatic rings. The van der Waals surface area contributed by atoms with E-state index in [0.29, 0.717) is 5.92 Å². The standard InChI is InChI=1S/C27H35F3N6O/c1-25(2,3)17-36(23-14-21(27(28,29)30)32-22(15-31)33-23)34-24(37)26(4,5)20-11-9-18(10-12-20)19-8-7-13-35(6)16-19/h9-12,14,19H,7-8,13,16-17H2,1-6H3,(H,34,37). The quantitative estimate of drug-likeness (QED) is 0.542. The van der Waals surface area contributed by atoms with Crippen LogP contribution in [0.5, 0.6) is 0 Å². The van der Waals surface area contributed by atoms with Gasteiger partial charge in [0.2, 0.25) is 11.7 Å². The van der Waals surface area contributed by atoms with Gasteiger partial charge >= 0.3 is 6.18 Å². The monoisotopic (exact) mass is 516 g/mol. The maximum atomic E-state index is 13.5. The third-order valence-electron chi connectivity index (χ3n) is 6.54. The lowest BCUT2D eigenvalue weighted by Gasteiger charge is -2.34. The molecule has 1 amide bonds. The van der Waals surface area contributed by atoms with E-state index in [4.69, 9.17) is 0 Å². The topological polar surface area (TPSA) is 85.2 Å². The molecule has 0 aliphatic carbocycles. The van der Waals surface area contributed by atoms with Gasteiger partial charge in [0.05, 0.1) is 5.41 Å². The molecular weight excluding hydrogens is 481 g/mol. The maximum Gasteiger partial charge on any atom is 0.433 e. The number of likely N-dealkylation sites (tertiary alicyclic amines) is 1. The van der Waals surface area contributed by atoms with Gasteiger partial charge in [-0.3, -0.25) is 15.2 Å². The number of hydrogen-bond donors (Lipinski definition) is 1.